The van der Waals surface area contributed by atoms with Crippen molar-refractivity contribution in [2.45, 2.75) is 19.8 Å². The van der Waals surface area contributed by atoms with Gasteiger partial charge >= 0.3 is 5.97 Å². The Hall–Kier alpha value is -2.82. The lowest BCUT2D eigenvalue weighted by atomic mass is 10.2. The molecule has 5 nitrogen and oxygen atoms in total. The number of anilines is 2. The van der Waals surface area contributed by atoms with Crippen LogP contribution in [-0.2, 0) is 9.53 Å². The van der Waals surface area contributed by atoms with Crippen LogP contribution in [0.3, 0.4) is 0 Å². The predicted molar refractivity (Wildman–Crippen MR) is 95.2 cm³/mol. The quantitative estimate of drug-likeness (QED) is 0.573. The molecule has 0 unspecified atom stereocenters. The van der Waals surface area contributed by atoms with Crippen molar-refractivity contribution in [2.24, 2.45) is 0 Å². The van der Waals surface area contributed by atoms with Gasteiger partial charge in [-0.05, 0) is 42.8 Å². The zero-order valence-electron chi connectivity index (χ0n) is 13.7. The van der Waals surface area contributed by atoms with Crippen LogP contribution in [0.2, 0.25) is 0 Å². The highest BCUT2D eigenvalue weighted by atomic mass is 16.5. The van der Waals surface area contributed by atoms with Gasteiger partial charge in [-0.25, -0.2) is 4.79 Å². The van der Waals surface area contributed by atoms with E-state index in [-0.39, 0.29) is 18.4 Å². The van der Waals surface area contributed by atoms with Gasteiger partial charge in [0.05, 0.1) is 18.7 Å². The van der Waals surface area contributed by atoms with Gasteiger partial charge in [-0.3, -0.25) is 4.79 Å². The predicted octanol–water partition coefficient (Wildman–Crippen LogP) is 3.69. The third-order valence-corrected chi connectivity index (χ3v) is 3.36. The minimum absolute atomic E-state index is 0.135. The summed E-state index contributed by atoms with van der Waals surface area (Å²) in [6, 6.07) is 16.2. The highest BCUT2D eigenvalue weighted by molar-refractivity contribution is 5.94. The average Bonchev–Trinajstić information content (AvgIpc) is 2.61. The Kier molecular flexibility index (Phi) is 6.83. The molecule has 0 fully saturated rings. The first-order valence-corrected chi connectivity index (χ1v) is 8.05. The lowest BCUT2D eigenvalue weighted by molar-refractivity contribution is -0.114. The molecule has 0 saturated heterocycles. The number of carbonyl (C=O) groups is 2. The van der Waals surface area contributed by atoms with E-state index in [1.54, 1.807) is 24.3 Å². The Bertz CT molecular complexity index is 654. The molecule has 0 saturated carbocycles. The van der Waals surface area contributed by atoms with E-state index < -0.39 is 0 Å². The summed E-state index contributed by atoms with van der Waals surface area (Å²) in [7, 11) is 0. The molecule has 0 atom stereocenters. The molecule has 1 amide bonds. The van der Waals surface area contributed by atoms with Gasteiger partial charge in [-0.15, -0.1) is 0 Å². The summed E-state index contributed by atoms with van der Waals surface area (Å²) in [4.78, 5) is 23.7. The van der Waals surface area contributed by atoms with Crippen molar-refractivity contribution in [1.29, 1.82) is 0 Å². The molecule has 0 bridgehead atoms. The van der Waals surface area contributed by atoms with Crippen molar-refractivity contribution in [2.75, 3.05) is 23.8 Å². The first kappa shape index (κ1) is 17.5. The van der Waals surface area contributed by atoms with Crippen LogP contribution in [0, 0.1) is 0 Å². The van der Waals surface area contributed by atoms with Gasteiger partial charge in [0.15, 0.2) is 0 Å². The van der Waals surface area contributed by atoms with E-state index in [1.807, 2.05) is 37.3 Å². The van der Waals surface area contributed by atoms with E-state index >= 15 is 0 Å². The molecule has 0 aliphatic rings. The largest absolute Gasteiger partial charge is 0.462 e. The van der Waals surface area contributed by atoms with Crippen LogP contribution in [0.4, 0.5) is 11.4 Å². The Balaban J connectivity index is 1.79. The summed E-state index contributed by atoms with van der Waals surface area (Å²) in [5.74, 6) is -0.457. The summed E-state index contributed by atoms with van der Waals surface area (Å²) >= 11 is 0. The minimum atomic E-state index is -0.322. The van der Waals surface area contributed by atoms with E-state index in [9.17, 15) is 9.59 Å². The van der Waals surface area contributed by atoms with Gasteiger partial charge in [0, 0.05) is 11.4 Å². The Morgan fingerprint density at radius 1 is 0.958 bits per heavy atom. The topological polar surface area (TPSA) is 67.4 Å². The fourth-order valence-corrected chi connectivity index (χ4v) is 2.03. The van der Waals surface area contributed by atoms with E-state index in [4.69, 9.17) is 4.74 Å². The van der Waals surface area contributed by atoms with Gasteiger partial charge in [0.2, 0.25) is 5.91 Å². The molecule has 0 heterocycles. The number of esters is 1. The molecular formula is C19H22N2O3. The van der Waals surface area contributed by atoms with Gasteiger partial charge < -0.3 is 15.4 Å². The van der Waals surface area contributed by atoms with Gasteiger partial charge in [-0.2, -0.15) is 0 Å². The smallest absolute Gasteiger partial charge is 0.338 e. The Morgan fingerprint density at radius 2 is 1.67 bits per heavy atom. The lowest BCUT2D eigenvalue weighted by Gasteiger charge is -2.08. The fourth-order valence-electron chi connectivity index (χ4n) is 2.03. The fraction of sp³-hybridized carbons (Fsp3) is 0.263. The normalized spacial score (nSPS) is 10.0. The Labute approximate surface area is 142 Å². The van der Waals surface area contributed by atoms with Crippen LogP contribution in [0.5, 0.6) is 0 Å². The summed E-state index contributed by atoms with van der Waals surface area (Å²) in [6.07, 6.45) is 1.85. The number of unbranched alkanes of at least 4 members (excludes halogenated alkanes) is 1. The summed E-state index contributed by atoms with van der Waals surface area (Å²) in [5.41, 5.74) is 2.03. The molecule has 5 heteroatoms. The van der Waals surface area contributed by atoms with E-state index in [0.717, 1.165) is 24.2 Å². The molecule has 0 aromatic heterocycles. The van der Waals surface area contributed by atoms with Gasteiger partial charge in [0.1, 0.15) is 0 Å². The minimum Gasteiger partial charge on any atom is -0.462 e. The molecule has 2 rings (SSSR count). The van der Waals surface area contributed by atoms with Crippen LogP contribution in [0.1, 0.15) is 30.1 Å². The number of hydrogen-bond donors (Lipinski definition) is 2. The van der Waals surface area contributed by atoms with Crippen LogP contribution < -0.4 is 10.6 Å². The highest BCUT2D eigenvalue weighted by Crippen LogP contribution is 2.11. The number of nitrogens with one attached hydrogen (secondary N) is 2. The zero-order chi connectivity index (χ0) is 17.2. The van der Waals surface area contributed by atoms with Gasteiger partial charge in [0.25, 0.3) is 0 Å². The molecule has 126 valence electrons. The van der Waals surface area contributed by atoms with Crippen LogP contribution in [-0.4, -0.2) is 25.0 Å². The monoisotopic (exact) mass is 326 g/mol. The number of carbonyl (C=O) groups excluding carboxylic acids is 2. The molecule has 2 aromatic carbocycles. The second-order valence-electron chi connectivity index (χ2n) is 5.33. The molecule has 0 aliphatic carbocycles. The second kappa shape index (κ2) is 9.35. The van der Waals surface area contributed by atoms with Crippen molar-refractivity contribution >= 4 is 23.3 Å². The number of hydrogen-bond acceptors (Lipinski definition) is 4. The molecule has 0 radical (unpaired) electrons. The second-order valence-corrected chi connectivity index (χ2v) is 5.33. The van der Waals surface area contributed by atoms with E-state index in [1.165, 1.54) is 0 Å². The summed E-state index contributed by atoms with van der Waals surface area (Å²) in [5, 5.41) is 5.81. The summed E-state index contributed by atoms with van der Waals surface area (Å²) < 4.78 is 5.15. The van der Waals surface area contributed by atoms with Crippen molar-refractivity contribution < 1.29 is 14.3 Å². The lowest BCUT2D eigenvalue weighted by Crippen LogP contribution is -2.21. The first-order chi connectivity index (χ1) is 11.7. The van der Waals surface area contributed by atoms with Crippen molar-refractivity contribution in [3.63, 3.8) is 0 Å². The molecule has 0 spiro atoms. The zero-order valence-corrected chi connectivity index (χ0v) is 13.7. The Morgan fingerprint density at radius 3 is 2.33 bits per heavy atom. The van der Waals surface area contributed by atoms with Crippen molar-refractivity contribution in [3.8, 4) is 0 Å². The molecule has 2 aromatic rings. The van der Waals surface area contributed by atoms with Gasteiger partial charge in [-0.1, -0.05) is 31.5 Å². The number of amides is 1. The SMILES string of the molecule is CCCCOC(=O)c1ccc(NCC(=O)Nc2ccccc2)cc1. The van der Waals surface area contributed by atoms with E-state index in [2.05, 4.69) is 10.6 Å². The average molecular weight is 326 g/mol. The van der Waals surface area contributed by atoms with Crippen molar-refractivity contribution in [3.05, 3.63) is 60.2 Å². The highest BCUT2D eigenvalue weighted by Gasteiger charge is 2.07. The van der Waals surface area contributed by atoms with Crippen molar-refractivity contribution in [1.82, 2.24) is 0 Å². The molecule has 2 N–H and O–H groups in total. The maximum absolute atomic E-state index is 11.9. The standard InChI is InChI=1S/C19H22N2O3/c1-2-3-13-24-19(23)15-9-11-16(12-10-15)20-14-18(22)21-17-7-5-4-6-8-17/h4-12,20H,2-3,13-14H2,1H3,(H,21,22). The van der Waals surface area contributed by atoms with Crippen LogP contribution in [0.25, 0.3) is 0 Å². The van der Waals surface area contributed by atoms with E-state index in [0.29, 0.717) is 12.2 Å². The number of rotatable bonds is 8. The third kappa shape index (κ3) is 5.76. The number of para-hydroxylation sites is 1. The molecular weight excluding hydrogens is 304 g/mol. The summed E-state index contributed by atoms with van der Waals surface area (Å²) in [6.45, 7) is 2.63. The molecule has 24 heavy (non-hydrogen) atoms. The first-order valence-electron chi connectivity index (χ1n) is 8.05. The van der Waals surface area contributed by atoms with Crippen LogP contribution in [0.15, 0.2) is 54.6 Å². The number of ether oxygens (including phenoxy) is 1. The third-order valence-electron chi connectivity index (χ3n) is 3.36. The molecule has 0 aliphatic heterocycles. The van der Waals surface area contributed by atoms with Crippen LogP contribution >= 0.6 is 0 Å². The number of benzene rings is 2. The maximum Gasteiger partial charge on any atom is 0.338 e. The maximum atomic E-state index is 11.9.